The zero-order valence-corrected chi connectivity index (χ0v) is 8.83. The van der Waals surface area contributed by atoms with Crippen molar-refractivity contribution in [2.24, 2.45) is 5.92 Å². The van der Waals surface area contributed by atoms with Gasteiger partial charge >= 0.3 is 5.97 Å². The van der Waals surface area contributed by atoms with Crippen molar-refractivity contribution in [3.63, 3.8) is 0 Å². The van der Waals surface area contributed by atoms with Crippen molar-refractivity contribution in [2.45, 2.75) is 44.6 Å². The van der Waals surface area contributed by atoms with Crippen LogP contribution in [0.25, 0.3) is 0 Å². The number of carbonyl (C=O) groups is 1. The van der Waals surface area contributed by atoms with Gasteiger partial charge in [0, 0.05) is 18.6 Å². The summed E-state index contributed by atoms with van der Waals surface area (Å²) in [6.45, 7) is 4.47. The summed E-state index contributed by atoms with van der Waals surface area (Å²) < 4.78 is 0. The van der Waals surface area contributed by atoms with E-state index in [1.807, 2.05) is 0 Å². The summed E-state index contributed by atoms with van der Waals surface area (Å²) in [6.07, 6.45) is 4.98. The number of hydrogen-bond acceptors (Lipinski definition) is 2. The smallest absolute Gasteiger partial charge is 0.305 e. The number of rotatable bonds is 4. The predicted octanol–water partition coefficient (Wildman–Crippen LogP) is 1.73. The summed E-state index contributed by atoms with van der Waals surface area (Å²) in [6, 6.07) is 0. The molecule has 1 saturated heterocycles. The lowest BCUT2D eigenvalue weighted by atomic mass is 9.70. The molecule has 0 unspecified atom stereocenters. The maximum Gasteiger partial charge on any atom is 0.305 e. The SMILES string of the molecule is CCC1CN(C2(CC(=O)O)CCC2)C1. The quantitative estimate of drug-likeness (QED) is 0.746. The lowest BCUT2D eigenvalue weighted by Crippen LogP contribution is -2.63. The molecule has 0 aromatic heterocycles. The lowest BCUT2D eigenvalue weighted by Gasteiger charge is -2.56. The van der Waals surface area contributed by atoms with Crippen LogP contribution < -0.4 is 0 Å². The molecule has 2 aliphatic rings. The fraction of sp³-hybridized carbons (Fsp3) is 0.909. The largest absolute Gasteiger partial charge is 0.481 e. The van der Waals surface area contributed by atoms with Crippen molar-refractivity contribution in [3.8, 4) is 0 Å². The van der Waals surface area contributed by atoms with Gasteiger partial charge in [-0.3, -0.25) is 9.69 Å². The fourth-order valence-corrected chi connectivity index (χ4v) is 2.69. The first-order chi connectivity index (χ1) is 6.66. The Labute approximate surface area is 85.1 Å². The van der Waals surface area contributed by atoms with Gasteiger partial charge < -0.3 is 5.11 Å². The molecule has 14 heavy (non-hydrogen) atoms. The van der Waals surface area contributed by atoms with E-state index in [-0.39, 0.29) is 5.54 Å². The molecule has 1 aliphatic heterocycles. The summed E-state index contributed by atoms with van der Waals surface area (Å²) in [5, 5.41) is 8.88. The Balaban J connectivity index is 1.90. The molecule has 0 spiro atoms. The van der Waals surface area contributed by atoms with Gasteiger partial charge in [-0.2, -0.15) is 0 Å². The molecule has 80 valence electrons. The summed E-state index contributed by atoms with van der Waals surface area (Å²) >= 11 is 0. The van der Waals surface area contributed by atoms with Crippen molar-refractivity contribution < 1.29 is 9.90 Å². The Morgan fingerprint density at radius 3 is 2.50 bits per heavy atom. The van der Waals surface area contributed by atoms with Gasteiger partial charge in [-0.25, -0.2) is 0 Å². The molecular weight excluding hydrogens is 178 g/mol. The minimum Gasteiger partial charge on any atom is -0.481 e. The highest BCUT2D eigenvalue weighted by Crippen LogP contribution is 2.44. The van der Waals surface area contributed by atoms with E-state index in [0.717, 1.165) is 31.8 Å². The topological polar surface area (TPSA) is 40.5 Å². The minimum atomic E-state index is -0.635. The van der Waals surface area contributed by atoms with E-state index in [2.05, 4.69) is 11.8 Å². The van der Waals surface area contributed by atoms with Gasteiger partial charge in [0.2, 0.25) is 0 Å². The van der Waals surface area contributed by atoms with E-state index in [0.29, 0.717) is 6.42 Å². The van der Waals surface area contributed by atoms with E-state index in [9.17, 15) is 4.79 Å². The summed E-state index contributed by atoms with van der Waals surface area (Å²) in [4.78, 5) is 13.2. The van der Waals surface area contributed by atoms with Crippen LogP contribution in [0.4, 0.5) is 0 Å². The lowest BCUT2D eigenvalue weighted by molar-refractivity contribution is -0.146. The monoisotopic (exact) mass is 197 g/mol. The minimum absolute atomic E-state index is 0.0531. The van der Waals surface area contributed by atoms with Gasteiger partial charge in [-0.05, 0) is 25.2 Å². The highest BCUT2D eigenvalue weighted by atomic mass is 16.4. The molecule has 1 aliphatic carbocycles. The van der Waals surface area contributed by atoms with Crippen LogP contribution in [0.1, 0.15) is 39.0 Å². The molecule has 0 amide bonds. The molecule has 2 fully saturated rings. The molecule has 1 saturated carbocycles. The molecule has 3 nitrogen and oxygen atoms in total. The normalized spacial score (nSPS) is 26.6. The fourth-order valence-electron chi connectivity index (χ4n) is 2.69. The molecule has 0 radical (unpaired) electrons. The van der Waals surface area contributed by atoms with E-state index in [1.54, 1.807) is 0 Å². The third-order valence-corrected chi connectivity index (χ3v) is 3.97. The standard InChI is InChI=1S/C11H19NO2/c1-2-9-7-12(8-9)11(4-3-5-11)6-10(13)14/h9H,2-8H2,1H3,(H,13,14). The van der Waals surface area contributed by atoms with Crippen LogP contribution >= 0.6 is 0 Å². The maximum absolute atomic E-state index is 10.8. The second kappa shape index (κ2) is 3.54. The first kappa shape index (κ1) is 9.97. The van der Waals surface area contributed by atoms with Gasteiger partial charge in [0.1, 0.15) is 0 Å². The number of likely N-dealkylation sites (tertiary alicyclic amines) is 1. The molecule has 0 bridgehead atoms. The number of hydrogen-bond donors (Lipinski definition) is 1. The third-order valence-electron chi connectivity index (χ3n) is 3.97. The van der Waals surface area contributed by atoms with Gasteiger partial charge in [0.25, 0.3) is 0 Å². The van der Waals surface area contributed by atoms with Crippen LogP contribution in [0.15, 0.2) is 0 Å². The number of nitrogens with zero attached hydrogens (tertiary/aromatic N) is 1. The first-order valence-corrected chi connectivity index (χ1v) is 5.63. The Morgan fingerprint density at radius 2 is 2.14 bits per heavy atom. The molecule has 2 rings (SSSR count). The molecule has 1 N–H and O–H groups in total. The second-order valence-electron chi connectivity index (χ2n) is 4.83. The van der Waals surface area contributed by atoms with Crippen molar-refractivity contribution in [1.82, 2.24) is 4.90 Å². The van der Waals surface area contributed by atoms with Gasteiger partial charge in [-0.15, -0.1) is 0 Å². The molecule has 0 aromatic carbocycles. The maximum atomic E-state index is 10.8. The summed E-state index contributed by atoms with van der Waals surface area (Å²) in [5.74, 6) is 0.186. The Hall–Kier alpha value is -0.570. The Kier molecular flexibility index (Phi) is 2.52. The van der Waals surface area contributed by atoms with Crippen molar-refractivity contribution in [1.29, 1.82) is 0 Å². The highest BCUT2D eigenvalue weighted by molar-refractivity contribution is 5.68. The van der Waals surface area contributed by atoms with Crippen molar-refractivity contribution in [2.75, 3.05) is 13.1 Å². The number of aliphatic carboxylic acids is 1. The Morgan fingerprint density at radius 1 is 1.50 bits per heavy atom. The molecular formula is C11H19NO2. The van der Waals surface area contributed by atoms with Crippen LogP contribution in [0, 0.1) is 5.92 Å². The van der Waals surface area contributed by atoms with E-state index < -0.39 is 5.97 Å². The summed E-state index contributed by atoms with van der Waals surface area (Å²) in [5.41, 5.74) is 0.0531. The molecule has 3 heteroatoms. The highest BCUT2D eigenvalue weighted by Gasteiger charge is 2.48. The van der Waals surface area contributed by atoms with Crippen LogP contribution in [-0.2, 0) is 4.79 Å². The number of carboxylic acid groups (broad SMARTS) is 1. The molecule has 0 aromatic rings. The van der Waals surface area contributed by atoms with Crippen LogP contribution in [0.3, 0.4) is 0 Å². The van der Waals surface area contributed by atoms with Crippen LogP contribution in [0.2, 0.25) is 0 Å². The first-order valence-electron chi connectivity index (χ1n) is 5.63. The van der Waals surface area contributed by atoms with E-state index in [4.69, 9.17) is 5.11 Å². The predicted molar refractivity (Wildman–Crippen MR) is 54.2 cm³/mol. The van der Waals surface area contributed by atoms with E-state index in [1.165, 1.54) is 12.8 Å². The Bertz CT molecular complexity index is 229. The van der Waals surface area contributed by atoms with Gasteiger partial charge in [0.05, 0.1) is 6.42 Å². The van der Waals surface area contributed by atoms with Crippen molar-refractivity contribution in [3.05, 3.63) is 0 Å². The second-order valence-corrected chi connectivity index (χ2v) is 4.83. The van der Waals surface area contributed by atoms with Crippen LogP contribution in [-0.4, -0.2) is 34.6 Å². The van der Waals surface area contributed by atoms with Gasteiger partial charge in [-0.1, -0.05) is 13.3 Å². The molecule has 0 atom stereocenters. The van der Waals surface area contributed by atoms with Crippen LogP contribution in [0.5, 0.6) is 0 Å². The average Bonchev–Trinajstić information content (AvgIpc) is 1.96. The molecule has 1 heterocycles. The summed E-state index contributed by atoms with van der Waals surface area (Å²) in [7, 11) is 0. The average molecular weight is 197 g/mol. The number of carboxylic acids is 1. The zero-order valence-electron chi connectivity index (χ0n) is 8.83. The van der Waals surface area contributed by atoms with Gasteiger partial charge in [0.15, 0.2) is 0 Å². The zero-order chi connectivity index (χ0) is 10.2. The van der Waals surface area contributed by atoms with Crippen molar-refractivity contribution >= 4 is 5.97 Å². The third kappa shape index (κ3) is 1.54. The van der Waals surface area contributed by atoms with E-state index >= 15 is 0 Å².